The maximum atomic E-state index is 11.9. The van der Waals surface area contributed by atoms with Crippen molar-refractivity contribution in [2.24, 2.45) is 0 Å². The van der Waals surface area contributed by atoms with Crippen molar-refractivity contribution in [3.63, 3.8) is 0 Å². The van der Waals surface area contributed by atoms with E-state index < -0.39 is 12.2 Å². The van der Waals surface area contributed by atoms with Gasteiger partial charge in [0.05, 0.1) is 17.1 Å². The minimum atomic E-state index is -0.493. The van der Waals surface area contributed by atoms with Gasteiger partial charge in [-0.05, 0) is 88.5 Å². The molecule has 4 N–H and O–H groups in total. The van der Waals surface area contributed by atoms with E-state index in [1.807, 2.05) is 80.7 Å². The molecule has 3 aromatic carbocycles. The van der Waals surface area contributed by atoms with Gasteiger partial charge in [-0.25, -0.2) is 9.78 Å². The quantitative estimate of drug-likeness (QED) is 0.132. The fourth-order valence-corrected chi connectivity index (χ4v) is 5.83. The van der Waals surface area contributed by atoms with Crippen LogP contribution in [0, 0.1) is 0 Å². The van der Waals surface area contributed by atoms with E-state index in [1.165, 1.54) is 0 Å². The number of amides is 1. The number of carbonyl (C=O) groups is 1. The molecule has 0 aliphatic heterocycles. The maximum absolute atomic E-state index is 11.9. The highest BCUT2D eigenvalue weighted by atomic mass is 32.2. The van der Waals surface area contributed by atoms with Crippen molar-refractivity contribution >= 4 is 40.8 Å². The molecule has 41 heavy (non-hydrogen) atoms. The van der Waals surface area contributed by atoms with Crippen molar-refractivity contribution in [2.45, 2.75) is 63.7 Å². The molecule has 9 heteroatoms. The van der Waals surface area contributed by atoms with Crippen molar-refractivity contribution in [1.29, 1.82) is 0 Å². The molecule has 0 aliphatic rings. The maximum Gasteiger partial charge on any atom is 0.411 e. The Morgan fingerprint density at radius 2 is 1.73 bits per heavy atom. The number of thiazole rings is 1. The number of aliphatic hydroxyl groups is 1. The molecule has 0 fully saturated rings. The van der Waals surface area contributed by atoms with Crippen LogP contribution in [0.25, 0.3) is 21.0 Å². The van der Waals surface area contributed by atoms with Gasteiger partial charge in [0.1, 0.15) is 5.01 Å². The molecule has 216 valence electrons. The average molecular weight is 591 g/mol. The predicted octanol–water partition coefficient (Wildman–Crippen LogP) is 7.84. The normalized spacial score (nSPS) is 12.3. The summed E-state index contributed by atoms with van der Waals surface area (Å²) < 4.78 is 8.67. The molecule has 1 amide bonds. The molecule has 0 saturated carbocycles. The van der Waals surface area contributed by atoms with Gasteiger partial charge in [-0.15, -0.1) is 11.3 Å². The number of anilines is 2. The minimum Gasteiger partial charge on any atom is -0.447 e. The van der Waals surface area contributed by atoms with Crippen LogP contribution < -0.4 is 15.4 Å². The molecule has 4 aromatic rings. The van der Waals surface area contributed by atoms with E-state index >= 15 is 0 Å². The number of rotatable bonds is 11. The molecule has 4 rings (SSSR count). The van der Waals surface area contributed by atoms with Crippen LogP contribution in [0.3, 0.4) is 0 Å². The zero-order valence-electron chi connectivity index (χ0n) is 24.1. The average Bonchev–Trinajstić information content (AvgIpc) is 3.41. The molecule has 1 atom stereocenters. The third-order valence-electron chi connectivity index (χ3n) is 5.80. The molecule has 1 heterocycles. The Hall–Kier alpha value is -3.37. The van der Waals surface area contributed by atoms with Gasteiger partial charge in [-0.1, -0.05) is 36.4 Å². The van der Waals surface area contributed by atoms with Crippen LogP contribution in [0.15, 0.2) is 83.9 Å². The second kappa shape index (κ2) is 14.0. The molecule has 1 aromatic heterocycles. The van der Waals surface area contributed by atoms with Crippen molar-refractivity contribution in [3.05, 3.63) is 84.6 Å². The van der Waals surface area contributed by atoms with Crippen LogP contribution in [0.1, 0.15) is 40.2 Å². The molecular formula is C32H38N4O3S2. The third kappa shape index (κ3) is 9.60. The topological polar surface area (TPSA) is 95.5 Å². The van der Waals surface area contributed by atoms with Crippen LogP contribution in [-0.2, 0) is 11.2 Å². The van der Waals surface area contributed by atoms with Crippen LogP contribution >= 0.6 is 23.3 Å². The second-order valence-corrected chi connectivity index (χ2v) is 13.0. The Labute approximate surface area is 250 Å². The highest BCUT2D eigenvalue weighted by molar-refractivity contribution is 7.97. The molecule has 0 spiro atoms. The summed E-state index contributed by atoms with van der Waals surface area (Å²) in [4.78, 5) is 18.7. The van der Waals surface area contributed by atoms with Gasteiger partial charge in [0.15, 0.2) is 0 Å². The number of nitrogens with zero attached hydrogens (tertiary/aromatic N) is 1. The van der Waals surface area contributed by atoms with Crippen molar-refractivity contribution < 1.29 is 14.6 Å². The highest BCUT2D eigenvalue weighted by Crippen LogP contribution is 2.38. The first-order valence-electron chi connectivity index (χ1n) is 13.6. The summed E-state index contributed by atoms with van der Waals surface area (Å²) in [5.74, 6) is 0. The van der Waals surface area contributed by atoms with E-state index in [0.29, 0.717) is 18.7 Å². The van der Waals surface area contributed by atoms with Gasteiger partial charge in [0.25, 0.3) is 0 Å². The number of ether oxygens (including phenoxy) is 1. The van der Waals surface area contributed by atoms with Crippen molar-refractivity contribution in [3.8, 4) is 21.0 Å². The standard InChI is InChI=1S/C32H38N4O3S2/c1-21(2)39-31(38)35-24-13-11-23(12-14-24)30-34-20-29(40-30)27-16-15-25(18-28(27)41-36-32(3,4)5)33-19-26(37)17-22-9-7-6-8-10-22/h6-16,18,20-21,26,33,36-37H,17,19H2,1-5H3,(H,35,38). The molecule has 0 radical (unpaired) electrons. The summed E-state index contributed by atoms with van der Waals surface area (Å²) in [7, 11) is 0. The summed E-state index contributed by atoms with van der Waals surface area (Å²) in [5, 5.41) is 17.6. The Balaban J connectivity index is 1.48. The number of hydrogen-bond acceptors (Lipinski definition) is 8. The monoisotopic (exact) mass is 590 g/mol. The van der Waals surface area contributed by atoms with E-state index in [-0.39, 0.29) is 11.6 Å². The summed E-state index contributed by atoms with van der Waals surface area (Å²) in [6.07, 6.45) is 1.36. The summed E-state index contributed by atoms with van der Waals surface area (Å²) in [6.45, 7) is 10.5. The second-order valence-electron chi connectivity index (χ2n) is 11.1. The van der Waals surface area contributed by atoms with E-state index in [2.05, 4.69) is 48.3 Å². The van der Waals surface area contributed by atoms with Gasteiger partial charge in [-0.2, -0.15) is 0 Å². The number of benzene rings is 3. The largest absolute Gasteiger partial charge is 0.447 e. The Morgan fingerprint density at radius 3 is 2.41 bits per heavy atom. The van der Waals surface area contributed by atoms with Crippen LogP contribution in [0.4, 0.5) is 16.2 Å². The van der Waals surface area contributed by atoms with E-state index in [9.17, 15) is 9.90 Å². The number of aromatic nitrogens is 1. The van der Waals surface area contributed by atoms with Crippen LogP contribution in [0.5, 0.6) is 0 Å². The number of hydrogen-bond donors (Lipinski definition) is 4. The van der Waals surface area contributed by atoms with Gasteiger partial charge in [-0.3, -0.25) is 10.0 Å². The highest BCUT2D eigenvalue weighted by Gasteiger charge is 2.16. The third-order valence-corrected chi connectivity index (χ3v) is 8.15. The first-order chi connectivity index (χ1) is 19.6. The van der Waals surface area contributed by atoms with Crippen molar-refractivity contribution in [2.75, 3.05) is 17.2 Å². The minimum absolute atomic E-state index is 0.0759. The molecule has 0 saturated heterocycles. The summed E-state index contributed by atoms with van der Waals surface area (Å²) in [6, 6.07) is 23.9. The smallest absolute Gasteiger partial charge is 0.411 e. The molecule has 0 aliphatic carbocycles. The first-order valence-corrected chi connectivity index (χ1v) is 15.3. The van der Waals surface area contributed by atoms with Crippen LogP contribution in [0.2, 0.25) is 0 Å². The number of aliphatic hydroxyl groups excluding tert-OH is 1. The van der Waals surface area contributed by atoms with Crippen LogP contribution in [-0.4, -0.2) is 40.5 Å². The first kappa shape index (κ1) is 30.6. The molecule has 0 bridgehead atoms. The lowest BCUT2D eigenvalue weighted by Gasteiger charge is -2.21. The summed E-state index contributed by atoms with van der Waals surface area (Å²) >= 11 is 3.21. The Bertz CT molecular complexity index is 1420. The predicted molar refractivity (Wildman–Crippen MR) is 172 cm³/mol. The van der Waals surface area contributed by atoms with E-state index in [1.54, 1.807) is 23.3 Å². The Morgan fingerprint density at radius 1 is 1.02 bits per heavy atom. The lowest BCUT2D eigenvalue weighted by Crippen LogP contribution is -2.29. The van der Waals surface area contributed by atoms with E-state index in [0.717, 1.165) is 37.2 Å². The zero-order valence-corrected chi connectivity index (χ0v) is 25.7. The van der Waals surface area contributed by atoms with Gasteiger partial charge < -0.3 is 15.2 Å². The molecular weight excluding hydrogens is 553 g/mol. The fraction of sp³-hybridized carbons (Fsp3) is 0.312. The fourth-order valence-electron chi connectivity index (χ4n) is 3.91. The summed E-state index contributed by atoms with van der Waals surface area (Å²) in [5.41, 5.74) is 4.71. The lowest BCUT2D eigenvalue weighted by molar-refractivity contribution is 0.130. The SMILES string of the molecule is CC(C)OC(=O)Nc1ccc(-c2ncc(-c3ccc(NCC(O)Cc4ccccc4)cc3SNC(C)(C)C)s2)cc1. The molecule has 1 unspecified atom stereocenters. The van der Waals surface area contributed by atoms with E-state index in [4.69, 9.17) is 9.72 Å². The number of carbonyl (C=O) groups excluding carboxylic acids is 1. The number of nitrogens with one attached hydrogen (secondary N) is 3. The molecule has 7 nitrogen and oxygen atoms in total. The Kier molecular flexibility index (Phi) is 10.4. The van der Waals surface area contributed by atoms with Crippen molar-refractivity contribution in [1.82, 2.24) is 9.71 Å². The van der Waals surface area contributed by atoms with Gasteiger partial charge >= 0.3 is 6.09 Å². The zero-order chi connectivity index (χ0) is 29.4. The van der Waals surface area contributed by atoms with Gasteiger partial charge in [0.2, 0.25) is 0 Å². The van der Waals surface area contributed by atoms with Gasteiger partial charge in [0, 0.05) is 52.1 Å². The lowest BCUT2D eigenvalue weighted by atomic mass is 10.1.